The molecule has 31 heavy (non-hydrogen) atoms. The van der Waals surface area contributed by atoms with Crippen molar-refractivity contribution in [1.29, 1.82) is 0 Å². The average Bonchev–Trinajstić information content (AvgIpc) is 2.78. The number of amides is 1. The summed E-state index contributed by atoms with van der Waals surface area (Å²) in [5, 5.41) is 2.94. The van der Waals surface area contributed by atoms with Crippen LogP contribution in [0.2, 0.25) is 0 Å². The molecule has 1 fully saturated rings. The average molecular weight is 427 g/mol. The molecule has 1 heterocycles. The smallest absolute Gasteiger partial charge is 0.255 e. The van der Waals surface area contributed by atoms with E-state index in [0.717, 1.165) is 49.5 Å². The van der Waals surface area contributed by atoms with Crippen LogP contribution in [0.1, 0.15) is 42.6 Å². The van der Waals surface area contributed by atoms with E-state index in [1.807, 2.05) is 50.2 Å². The number of piperidine rings is 1. The molecule has 1 aliphatic rings. The molecule has 1 aliphatic heterocycles. The van der Waals surface area contributed by atoms with Gasteiger partial charge in [0, 0.05) is 36.7 Å². The van der Waals surface area contributed by atoms with Gasteiger partial charge in [0.25, 0.3) is 5.91 Å². The molecule has 0 bridgehead atoms. The number of ether oxygens (including phenoxy) is 3. The first-order valence-electron chi connectivity index (χ1n) is 11.0. The summed E-state index contributed by atoms with van der Waals surface area (Å²) in [4.78, 5) is 14.9. The number of nitrogens with one attached hydrogen (secondary N) is 1. The maximum Gasteiger partial charge on any atom is 0.255 e. The van der Waals surface area contributed by atoms with Gasteiger partial charge in [0.1, 0.15) is 17.2 Å². The van der Waals surface area contributed by atoms with Gasteiger partial charge in [-0.25, -0.2) is 0 Å². The molecule has 168 valence electrons. The van der Waals surface area contributed by atoms with Crippen LogP contribution in [-0.4, -0.2) is 50.8 Å². The molecule has 1 amide bonds. The van der Waals surface area contributed by atoms with Gasteiger partial charge in [0.05, 0.1) is 26.4 Å². The van der Waals surface area contributed by atoms with Crippen molar-refractivity contribution < 1.29 is 19.0 Å². The van der Waals surface area contributed by atoms with Crippen LogP contribution >= 0.6 is 0 Å². The Kier molecular flexibility index (Phi) is 8.18. The number of methoxy groups -OCH3 is 2. The normalized spacial score (nSPS) is 16.7. The summed E-state index contributed by atoms with van der Waals surface area (Å²) in [5.41, 5.74) is 1.74. The SMILES string of the molecule is COc1ccc(CN2CCCC(COc3ccccc3C(=O)NC(C)C)C2)c(OC)c1. The van der Waals surface area contributed by atoms with Gasteiger partial charge in [-0.2, -0.15) is 0 Å². The van der Waals surface area contributed by atoms with Crippen molar-refractivity contribution in [3.05, 3.63) is 53.6 Å². The number of hydrogen-bond donors (Lipinski definition) is 1. The van der Waals surface area contributed by atoms with Gasteiger partial charge >= 0.3 is 0 Å². The van der Waals surface area contributed by atoms with E-state index in [2.05, 4.69) is 16.3 Å². The fraction of sp³-hybridized carbons (Fsp3) is 0.480. The predicted octanol–water partition coefficient (Wildman–Crippen LogP) is 4.13. The molecule has 1 atom stereocenters. The highest BCUT2D eigenvalue weighted by Gasteiger charge is 2.22. The summed E-state index contributed by atoms with van der Waals surface area (Å²) in [7, 11) is 3.35. The van der Waals surface area contributed by atoms with Gasteiger partial charge in [0.15, 0.2) is 0 Å². The van der Waals surface area contributed by atoms with Crippen molar-refractivity contribution in [3.8, 4) is 17.2 Å². The quantitative estimate of drug-likeness (QED) is 0.653. The number of carbonyl (C=O) groups excluding carboxylic acids is 1. The Balaban J connectivity index is 1.59. The Morgan fingerprint density at radius 2 is 1.94 bits per heavy atom. The molecule has 6 heteroatoms. The Labute approximate surface area is 185 Å². The third kappa shape index (κ3) is 6.37. The Bertz CT molecular complexity index is 868. The minimum atomic E-state index is -0.0949. The van der Waals surface area contributed by atoms with Crippen LogP contribution in [0.3, 0.4) is 0 Å². The number of para-hydroxylation sites is 1. The van der Waals surface area contributed by atoms with Crippen LogP contribution in [0.25, 0.3) is 0 Å². The van der Waals surface area contributed by atoms with Gasteiger partial charge < -0.3 is 19.5 Å². The van der Waals surface area contributed by atoms with E-state index in [9.17, 15) is 4.79 Å². The topological polar surface area (TPSA) is 60.0 Å². The molecule has 0 aliphatic carbocycles. The van der Waals surface area contributed by atoms with E-state index in [-0.39, 0.29) is 11.9 Å². The highest BCUT2D eigenvalue weighted by molar-refractivity contribution is 5.97. The van der Waals surface area contributed by atoms with Crippen molar-refractivity contribution in [3.63, 3.8) is 0 Å². The summed E-state index contributed by atoms with van der Waals surface area (Å²) in [6, 6.07) is 13.5. The number of carbonyl (C=O) groups is 1. The lowest BCUT2D eigenvalue weighted by atomic mass is 9.98. The minimum Gasteiger partial charge on any atom is -0.497 e. The first-order valence-corrected chi connectivity index (χ1v) is 11.0. The molecule has 1 saturated heterocycles. The minimum absolute atomic E-state index is 0.0856. The molecular weight excluding hydrogens is 392 g/mol. The first kappa shape index (κ1) is 22.9. The van der Waals surface area contributed by atoms with Crippen molar-refractivity contribution in [2.45, 2.75) is 39.3 Å². The fourth-order valence-corrected chi connectivity index (χ4v) is 3.98. The van der Waals surface area contributed by atoms with Crippen LogP contribution in [0.5, 0.6) is 17.2 Å². The molecule has 6 nitrogen and oxygen atoms in total. The van der Waals surface area contributed by atoms with Gasteiger partial charge in [-0.05, 0) is 51.4 Å². The summed E-state index contributed by atoms with van der Waals surface area (Å²) in [6.45, 7) is 7.35. The van der Waals surface area contributed by atoms with Crippen LogP contribution < -0.4 is 19.5 Å². The van der Waals surface area contributed by atoms with Gasteiger partial charge in [0.2, 0.25) is 0 Å². The van der Waals surface area contributed by atoms with E-state index in [1.54, 1.807) is 14.2 Å². The van der Waals surface area contributed by atoms with Crippen molar-refractivity contribution in [2.75, 3.05) is 33.9 Å². The summed E-state index contributed by atoms with van der Waals surface area (Å²) < 4.78 is 17.0. The Morgan fingerprint density at radius 1 is 1.13 bits per heavy atom. The molecule has 0 spiro atoms. The lowest BCUT2D eigenvalue weighted by Gasteiger charge is -2.33. The van der Waals surface area contributed by atoms with E-state index in [1.165, 1.54) is 0 Å². The lowest BCUT2D eigenvalue weighted by Crippen LogP contribution is -2.37. The van der Waals surface area contributed by atoms with E-state index in [0.29, 0.717) is 23.8 Å². The zero-order valence-corrected chi connectivity index (χ0v) is 19.0. The molecule has 0 saturated carbocycles. The van der Waals surface area contributed by atoms with Crippen LogP contribution in [0.4, 0.5) is 0 Å². The van der Waals surface area contributed by atoms with Crippen LogP contribution in [0, 0.1) is 5.92 Å². The lowest BCUT2D eigenvalue weighted by molar-refractivity contribution is 0.0932. The fourth-order valence-electron chi connectivity index (χ4n) is 3.98. The molecule has 0 radical (unpaired) electrons. The number of benzene rings is 2. The third-order valence-corrected chi connectivity index (χ3v) is 5.52. The second-order valence-electron chi connectivity index (χ2n) is 8.36. The molecular formula is C25H34N2O4. The molecule has 0 aromatic heterocycles. The van der Waals surface area contributed by atoms with Gasteiger partial charge in [-0.3, -0.25) is 9.69 Å². The molecule has 1 unspecified atom stereocenters. The zero-order chi connectivity index (χ0) is 22.2. The molecule has 2 aromatic rings. The van der Waals surface area contributed by atoms with Gasteiger partial charge in [-0.1, -0.05) is 18.2 Å². The van der Waals surface area contributed by atoms with Crippen LogP contribution in [0.15, 0.2) is 42.5 Å². The van der Waals surface area contributed by atoms with Crippen molar-refractivity contribution in [2.24, 2.45) is 5.92 Å². The van der Waals surface area contributed by atoms with E-state index >= 15 is 0 Å². The number of hydrogen-bond acceptors (Lipinski definition) is 5. The molecule has 1 N–H and O–H groups in total. The van der Waals surface area contributed by atoms with E-state index < -0.39 is 0 Å². The monoisotopic (exact) mass is 426 g/mol. The zero-order valence-electron chi connectivity index (χ0n) is 19.0. The highest BCUT2D eigenvalue weighted by atomic mass is 16.5. The Hall–Kier alpha value is -2.73. The predicted molar refractivity (Wildman–Crippen MR) is 122 cm³/mol. The second-order valence-corrected chi connectivity index (χ2v) is 8.36. The summed E-state index contributed by atoms with van der Waals surface area (Å²) in [5.74, 6) is 2.62. The van der Waals surface area contributed by atoms with E-state index in [4.69, 9.17) is 14.2 Å². The van der Waals surface area contributed by atoms with Crippen molar-refractivity contribution in [1.82, 2.24) is 10.2 Å². The third-order valence-electron chi connectivity index (χ3n) is 5.52. The summed E-state index contributed by atoms with van der Waals surface area (Å²) in [6.07, 6.45) is 2.25. The molecule has 3 rings (SSSR count). The maximum absolute atomic E-state index is 12.5. The second kappa shape index (κ2) is 11.0. The maximum atomic E-state index is 12.5. The largest absolute Gasteiger partial charge is 0.497 e. The molecule has 2 aromatic carbocycles. The van der Waals surface area contributed by atoms with Crippen LogP contribution in [-0.2, 0) is 6.54 Å². The van der Waals surface area contributed by atoms with Gasteiger partial charge in [-0.15, -0.1) is 0 Å². The standard InChI is InChI=1S/C25H34N2O4/c1-18(2)26-25(28)22-9-5-6-10-23(22)31-17-19-8-7-13-27(15-19)16-20-11-12-21(29-3)14-24(20)30-4/h5-6,9-12,14,18-19H,7-8,13,15-17H2,1-4H3,(H,26,28). The number of nitrogens with zero attached hydrogens (tertiary/aromatic N) is 1. The summed E-state index contributed by atoms with van der Waals surface area (Å²) >= 11 is 0. The number of likely N-dealkylation sites (tertiary alicyclic amines) is 1. The number of rotatable bonds is 9. The van der Waals surface area contributed by atoms with Crippen molar-refractivity contribution >= 4 is 5.91 Å². The Morgan fingerprint density at radius 3 is 2.68 bits per heavy atom. The first-order chi connectivity index (χ1) is 15.0. The highest BCUT2D eigenvalue weighted by Crippen LogP contribution is 2.28.